The van der Waals surface area contributed by atoms with Crippen LogP contribution in [0.4, 0.5) is 5.82 Å². The van der Waals surface area contributed by atoms with Gasteiger partial charge in [-0.15, -0.1) is 11.3 Å². The zero-order valence-corrected chi connectivity index (χ0v) is 14.8. The predicted molar refractivity (Wildman–Crippen MR) is 104 cm³/mol. The number of anilines is 1. The van der Waals surface area contributed by atoms with Crippen LogP contribution in [0.5, 0.6) is 0 Å². The predicted octanol–water partition coefficient (Wildman–Crippen LogP) is 4.93. The third-order valence-corrected chi connectivity index (χ3v) is 5.21. The van der Waals surface area contributed by atoms with E-state index in [1.807, 2.05) is 18.2 Å². The van der Waals surface area contributed by atoms with Crippen LogP contribution in [0.25, 0.3) is 21.6 Å². The van der Waals surface area contributed by atoms with E-state index >= 15 is 0 Å². The second-order valence-corrected chi connectivity index (χ2v) is 6.87. The van der Waals surface area contributed by atoms with Gasteiger partial charge in [0.1, 0.15) is 10.6 Å². The summed E-state index contributed by atoms with van der Waals surface area (Å²) in [6, 6.07) is 16.4. The topological polar surface area (TPSA) is 50.7 Å². The van der Waals surface area contributed by atoms with Gasteiger partial charge in [-0.1, -0.05) is 37.3 Å². The molecule has 4 aromatic rings. The summed E-state index contributed by atoms with van der Waals surface area (Å²) in [4.78, 5) is 16.0. The number of hydrogen-bond donors (Lipinski definition) is 1. The van der Waals surface area contributed by atoms with Gasteiger partial charge in [-0.25, -0.2) is 9.97 Å². The molecule has 1 N–H and O–H groups in total. The average Bonchev–Trinajstić information content (AvgIpc) is 3.11. The molecule has 0 aliphatic carbocycles. The molecule has 1 aromatic carbocycles. The van der Waals surface area contributed by atoms with Crippen LogP contribution in [0.2, 0.25) is 0 Å². The van der Waals surface area contributed by atoms with Crippen molar-refractivity contribution in [2.45, 2.75) is 19.9 Å². The van der Waals surface area contributed by atoms with Gasteiger partial charge >= 0.3 is 0 Å². The van der Waals surface area contributed by atoms with Crippen molar-refractivity contribution in [1.29, 1.82) is 0 Å². The van der Waals surface area contributed by atoms with Crippen LogP contribution in [0.3, 0.4) is 0 Å². The molecule has 0 radical (unpaired) electrons. The smallest absolute Gasteiger partial charge is 0.163 e. The maximum absolute atomic E-state index is 4.79. The zero-order chi connectivity index (χ0) is 17.1. The van der Waals surface area contributed by atoms with Crippen molar-refractivity contribution >= 4 is 27.4 Å². The highest BCUT2D eigenvalue weighted by Crippen LogP contribution is 2.31. The Morgan fingerprint density at radius 1 is 1.00 bits per heavy atom. The maximum Gasteiger partial charge on any atom is 0.163 e. The van der Waals surface area contributed by atoms with Crippen molar-refractivity contribution in [3.8, 4) is 11.4 Å². The highest BCUT2D eigenvalue weighted by Gasteiger charge is 2.12. The summed E-state index contributed by atoms with van der Waals surface area (Å²) in [7, 11) is 0. The molecule has 3 heterocycles. The van der Waals surface area contributed by atoms with Gasteiger partial charge in [-0.3, -0.25) is 4.98 Å². The molecule has 4 nitrogen and oxygen atoms in total. The fourth-order valence-electron chi connectivity index (χ4n) is 2.69. The molecular weight excluding hydrogens is 328 g/mol. The van der Waals surface area contributed by atoms with E-state index in [1.54, 1.807) is 23.7 Å². The number of aryl methyl sites for hydroxylation is 1. The molecule has 0 aliphatic rings. The molecule has 0 aliphatic heterocycles. The number of rotatable bonds is 5. The third-order valence-electron chi connectivity index (χ3n) is 4.03. The molecule has 25 heavy (non-hydrogen) atoms. The molecule has 124 valence electrons. The molecule has 4 rings (SSSR count). The number of benzene rings is 1. The van der Waals surface area contributed by atoms with Gasteiger partial charge in [0.05, 0.1) is 5.39 Å². The van der Waals surface area contributed by atoms with E-state index in [0.717, 1.165) is 40.4 Å². The van der Waals surface area contributed by atoms with Gasteiger partial charge in [-0.2, -0.15) is 0 Å². The maximum atomic E-state index is 4.79. The lowest BCUT2D eigenvalue weighted by Gasteiger charge is -2.09. The monoisotopic (exact) mass is 346 g/mol. The van der Waals surface area contributed by atoms with Crippen LogP contribution < -0.4 is 5.32 Å². The Balaban J connectivity index is 1.76. The minimum absolute atomic E-state index is 0.731. The van der Waals surface area contributed by atoms with Crippen molar-refractivity contribution in [2.24, 2.45) is 0 Å². The summed E-state index contributed by atoms with van der Waals surface area (Å²) in [5.74, 6) is 1.62. The highest BCUT2D eigenvalue weighted by molar-refractivity contribution is 7.18. The van der Waals surface area contributed by atoms with Crippen LogP contribution in [0.1, 0.15) is 17.4 Å². The second-order valence-electron chi connectivity index (χ2n) is 5.76. The first kappa shape index (κ1) is 15.7. The fourth-order valence-corrected chi connectivity index (χ4v) is 3.66. The van der Waals surface area contributed by atoms with Gasteiger partial charge in [0.15, 0.2) is 5.82 Å². The lowest BCUT2D eigenvalue weighted by atomic mass is 10.2. The van der Waals surface area contributed by atoms with Crippen molar-refractivity contribution < 1.29 is 0 Å². The Labute approximate surface area is 150 Å². The van der Waals surface area contributed by atoms with Crippen LogP contribution in [0, 0.1) is 0 Å². The van der Waals surface area contributed by atoms with Crippen molar-refractivity contribution in [3.63, 3.8) is 0 Å². The molecule has 5 heteroatoms. The van der Waals surface area contributed by atoms with E-state index in [-0.39, 0.29) is 0 Å². The van der Waals surface area contributed by atoms with E-state index in [9.17, 15) is 0 Å². The first-order chi connectivity index (χ1) is 12.3. The number of fused-ring (bicyclic) bond motifs is 1. The molecule has 0 saturated heterocycles. The Morgan fingerprint density at radius 3 is 2.56 bits per heavy atom. The molecule has 3 aromatic heterocycles. The molecule has 0 unspecified atom stereocenters. The fraction of sp³-hybridized carbons (Fsp3) is 0.150. The summed E-state index contributed by atoms with van der Waals surface area (Å²) in [6.45, 7) is 2.90. The molecular formula is C20H18N4S. The first-order valence-electron chi connectivity index (χ1n) is 8.32. The Bertz CT molecular complexity index is 981. The highest BCUT2D eigenvalue weighted by atomic mass is 32.1. The zero-order valence-electron chi connectivity index (χ0n) is 13.9. The largest absolute Gasteiger partial charge is 0.365 e. The van der Waals surface area contributed by atoms with Crippen molar-refractivity contribution in [1.82, 2.24) is 15.0 Å². The molecule has 0 bridgehead atoms. The second kappa shape index (κ2) is 6.99. The van der Waals surface area contributed by atoms with Crippen LogP contribution in [-0.2, 0) is 13.0 Å². The van der Waals surface area contributed by atoms with Crippen LogP contribution in [-0.4, -0.2) is 15.0 Å². The van der Waals surface area contributed by atoms with E-state index in [0.29, 0.717) is 0 Å². The molecule has 0 fully saturated rings. The number of pyridine rings is 1. The lowest BCUT2D eigenvalue weighted by Crippen LogP contribution is -2.03. The quantitative estimate of drug-likeness (QED) is 0.557. The van der Waals surface area contributed by atoms with Crippen molar-refractivity contribution in [2.75, 3.05) is 5.32 Å². The number of aromatic nitrogens is 3. The van der Waals surface area contributed by atoms with E-state index < -0.39 is 0 Å². The lowest BCUT2D eigenvalue weighted by molar-refractivity contribution is 1.11. The van der Waals surface area contributed by atoms with Gasteiger partial charge in [0.2, 0.25) is 0 Å². The molecule has 0 atom stereocenters. The molecule has 0 spiro atoms. The molecule has 0 amide bonds. The normalized spacial score (nSPS) is 10.9. The number of hydrogen-bond acceptors (Lipinski definition) is 5. The number of nitrogens with zero attached hydrogens (tertiary/aromatic N) is 3. The summed E-state index contributed by atoms with van der Waals surface area (Å²) in [6.07, 6.45) is 4.54. The third kappa shape index (κ3) is 3.37. The van der Waals surface area contributed by atoms with Crippen molar-refractivity contribution in [3.05, 3.63) is 71.4 Å². The number of thiophene rings is 1. The van der Waals surface area contributed by atoms with Gasteiger partial charge in [0, 0.05) is 29.4 Å². The SMILES string of the molecule is CCc1cc2c(NCc3ccccc3)nc(-c3ccncc3)nc2s1. The van der Waals surface area contributed by atoms with E-state index in [4.69, 9.17) is 9.97 Å². The van der Waals surface area contributed by atoms with Gasteiger partial charge < -0.3 is 5.32 Å². The minimum atomic E-state index is 0.731. The summed E-state index contributed by atoms with van der Waals surface area (Å²) in [5, 5.41) is 4.58. The first-order valence-corrected chi connectivity index (χ1v) is 9.14. The Morgan fingerprint density at radius 2 is 1.80 bits per heavy atom. The Hall–Kier alpha value is -2.79. The van der Waals surface area contributed by atoms with Crippen LogP contribution in [0.15, 0.2) is 60.9 Å². The standard InChI is InChI=1S/C20H18N4S/c1-2-16-12-17-19(22-13-14-6-4-3-5-7-14)23-18(24-20(17)25-16)15-8-10-21-11-9-15/h3-12H,2,13H2,1H3,(H,22,23,24). The van der Waals surface area contributed by atoms with E-state index in [1.165, 1.54) is 10.4 Å². The molecule has 0 saturated carbocycles. The number of nitrogens with one attached hydrogen (secondary N) is 1. The van der Waals surface area contributed by atoms with E-state index in [2.05, 4.69) is 47.6 Å². The van der Waals surface area contributed by atoms with Crippen LogP contribution >= 0.6 is 11.3 Å². The van der Waals surface area contributed by atoms with Gasteiger partial charge in [-0.05, 0) is 30.2 Å². The van der Waals surface area contributed by atoms with Gasteiger partial charge in [0.25, 0.3) is 0 Å². The summed E-state index contributed by atoms with van der Waals surface area (Å²) in [5.41, 5.74) is 2.21. The Kier molecular flexibility index (Phi) is 4.39. The summed E-state index contributed by atoms with van der Waals surface area (Å²) >= 11 is 1.74. The average molecular weight is 346 g/mol. The minimum Gasteiger partial charge on any atom is -0.365 e. The summed E-state index contributed by atoms with van der Waals surface area (Å²) < 4.78 is 0.